The Balaban J connectivity index is 1.56. The molecule has 0 unspecified atom stereocenters. The van der Waals surface area contributed by atoms with Crippen LogP contribution >= 0.6 is 11.6 Å². The molecule has 150 valence electrons. The fourth-order valence-corrected chi connectivity index (χ4v) is 4.87. The molecule has 2 aliphatic heterocycles. The third kappa shape index (κ3) is 3.52. The van der Waals surface area contributed by atoms with Gasteiger partial charge in [-0.05, 0) is 63.6 Å². The van der Waals surface area contributed by atoms with Crippen molar-refractivity contribution in [1.29, 1.82) is 0 Å². The van der Waals surface area contributed by atoms with Crippen molar-refractivity contribution in [2.45, 2.75) is 58.4 Å². The zero-order valence-corrected chi connectivity index (χ0v) is 17.3. The van der Waals surface area contributed by atoms with E-state index in [-0.39, 0.29) is 17.9 Å². The Morgan fingerprint density at radius 1 is 1.21 bits per heavy atom. The van der Waals surface area contributed by atoms with E-state index in [2.05, 4.69) is 0 Å². The minimum atomic E-state index is -0.0557. The highest BCUT2D eigenvalue weighted by Crippen LogP contribution is 2.34. The highest BCUT2D eigenvalue weighted by Gasteiger charge is 2.32. The van der Waals surface area contributed by atoms with Crippen LogP contribution in [0, 0.1) is 13.8 Å². The molecular formula is C22H27ClN2O3. The summed E-state index contributed by atoms with van der Waals surface area (Å²) in [5, 5.41) is 1.45. The molecule has 1 atom stereocenters. The van der Waals surface area contributed by atoms with E-state index in [4.69, 9.17) is 16.0 Å². The summed E-state index contributed by atoms with van der Waals surface area (Å²) in [6, 6.07) is 4.03. The third-order valence-corrected chi connectivity index (χ3v) is 6.40. The molecule has 6 heteroatoms. The van der Waals surface area contributed by atoms with Crippen molar-refractivity contribution in [2.24, 2.45) is 0 Å². The second kappa shape index (κ2) is 7.78. The number of likely N-dealkylation sites (tertiary alicyclic amines) is 2. The van der Waals surface area contributed by atoms with Gasteiger partial charge in [0.15, 0.2) is 11.3 Å². The van der Waals surface area contributed by atoms with Crippen molar-refractivity contribution in [3.05, 3.63) is 34.0 Å². The van der Waals surface area contributed by atoms with E-state index in [1.54, 1.807) is 0 Å². The number of nitrogens with zero attached hydrogens (tertiary/aromatic N) is 2. The molecule has 0 spiro atoms. The van der Waals surface area contributed by atoms with Crippen LogP contribution in [0.1, 0.15) is 60.2 Å². The first-order valence-electron chi connectivity index (χ1n) is 10.2. The molecule has 5 nitrogen and oxygen atoms in total. The van der Waals surface area contributed by atoms with Gasteiger partial charge in [-0.1, -0.05) is 11.6 Å². The molecule has 0 bridgehead atoms. The van der Waals surface area contributed by atoms with Gasteiger partial charge in [-0.2, -0.15) is 0 Å². The summed E-state index contributed by atoms with van der Waals surface area (Å²) < 4.78 is 5.96. The molecule has 2 fully saturated rings. The predicted molar refractivity (Wildman–Crippen MR) is 110 cm³/mol. The predicted octanol–water partition coefficient (Wildman–Crippen LogP) is 4.71. The maximum atomic E-state index is 13.4. The Bertz CT molecular complexity index is 920. The summed E-state index contributed by atoms with van der Waals surface area (Å²) >= 11 is 6.35. The van der Waals surface area contributed by atoms with E-state index in [9.17, 15) is 9.59 Å². The minimum absolute atomic E-state index is 0.0557. The van der Waals surface area contributed by atoms with E-state index in [0.29, 0.717) is 22.8 Å². The average Bonchev–Trinajstić information content (AvgIpc) is 3.23. The molecule has 0 radical (unpaired) electrons. The van der Waals surface area contributed by atoms with E-state index >= 15 is 0 Å². The fourth-order valence-electron chi connectivity index (χ4n) is 4.56. The van der Waals surface area contributed by atoms with Crippen LogP contribution in [0.25, 0.3) is 11.0 Å². The van der Waals surface area contributed by atoms with Gasteiger partial charge < -0.3 is 14.2 Å². The lowest BCUT2D eigenvalue weighted by Gasteiger charge is -2.36. The summed E-state index contributed by atoms with van der Waals surface area (Å²) in [6.45, 7) is 6.23. The molecule has 28 heavy (non-hydrogen) atoms. The van der Waals surface area contributed by atoms with Gasteiger partial charge in [0, 0.05) is 43.0 Å². The molecule has 0 N–H and O–H groups in total. The number of carbonyl (C=O) groups is 2. The maximum Gasteiger partial charge on any atom is 0.290 e. The standard InChI is InChI=1S/C22H27ClN2O3/c1-14-12-17-15(2)20(28-21(17)18(23)13-14)22(27)25-10-4-3-6-16(25)8-11-24-9-5-7-19(24)26/h12-13,16H,3-11H2,1-2H3/t16-/m1/s1. The molecular weight excluding hydrogens is 376 g/mol. The number of piperidine rings is 1. The summed E-state index contributed by atoms with van der Waals surface area (Å²) in [5.74, 6) is 0.582. The Hall–Kier alpha value is -2.01. The van der Waals surface area contributed by atoms with E-state index < -0.39 is 0 Å². The van der Waals surface area contributed by atoms with Gasteiger partial charge in [0.1, 0.15) is 0 Å². The van der Waals surface area contributed by atoms with Crippen molar-refractivity contribution < 1.29 is 14.0 Å². The zero-order chi connectivity index (χ0) is 19.8. The lowest BCUT2D eigenvalue weighted by atomic mass is 9.98. The van der Waals surface area contributed by atoms with Crippen LogP contribution in [-0.2, 0) is 4.79 Å². The van der Waals surface area contributed by atoms with Gasteiger partial charge in [-0.3, -0.25) is 9.59 Å². The van der Waals surface area contributed by atoms with Crippen molar-refractivity contribution in [2.75, 3.05) is 19.6 Å². The van der Waals surface area contributed by atoms with Crippen molar-refractivity contribution in [1.82, 2.24) is 9.80 Å². The Kier molecular flexibility index (Phi) is 5.37. The number of furan rings is 1. The molecule has 2 saturated heterocycles. The normalized spacial score (nSPS) is 20.4. The van der Waals surface area contributed by atoms with Crippen molar-refractivity contribution >= 4 is 34.4 Å². The third-order valence-electron chi connectivity index (χ3n) is 6.12. The largest absolute Gasteiger partial charge is 0.449 e. The molecule has 3 heterocycles. The van der Waals surface area contributed by atoms with E-state index in [1.165, 1.54) is 0 Å². The van der Waals surface area contributed by atoms with E-state index in [0.717, 1.165) is 68.3 Å². The number of amides is 2. The molecule has 2 amide bonds. The SMILES string of the molecule is Cc1cc(Cl)c2oc(C(=O)N3CCCC[C@@H]3CCN3CCCC3=O)c(C)c2c1. The number of halogens is 1. The highest BCUT2D eigenvalue weighted by atomic mass is 35.5. The number of benzene rings is 1. The number of hydrogen-bond acceptors (Lipinski definition) is 3. The van der Waals surface area contributed by atoms with Crippen LogP contribution < -0.4 is 0 Å². The number of hydrogen-bond donors (Lipinski definition) is 0. The summed E-state index contributed by atoms with van der Waals surface area (Å²) in [7, 11) is 0. The molecule has 0 saturated carbocycles. The van der Waals surface area contributed by atoms with Gasteiger partial charge in [-0.25, -0.2) is 0 Å². The first-order valence-corrected chi connectivity index (χ1v) is 10.6. The van der Waals surface area contributed by atoms with Gasteiger partial charge in [0.2, 0.25) is 5.91 Å². The topological polar surface area (TPSA) is 53.8 Å². The van der Waals surface area contributed by atoms with Crippen LogP contribution in [0.5, 0.6) is 0 Å². The molecule has 2 aromatic rings. The Labute approximate surface area is 170 Å². The first kappa shape index (κ1) is 19.3. The van der Waals surface area contributed by atoms with E-state index in [1.807, 2.05) is 35.8 Å². The van der Waals surface area contributed by atoms with Gasteiger partial charge >= 0.3 is 0 Å². The molecule has 0 aliphatic carbocycles. The van der Waals surface area contributed by atoms with Crippen LogP contribution in [-0.4, -0.2) is 47.3 Å². The minimum Gasteiger partial charge on any atom is -0.449 e. The van der Waals surface area contributed by atoms with Crippen LogP contribution in [0.15, 0.2) is 16.5 Å². The number of rotatable bonds is 4. The zero-order valence-electron chi connectivity index (χ0n) is 16.6. The highest BCUT2D eigenvalue weighted by molar-refractivity contribution is 6.35. The number of aryl methyl sites for hydroxylation is 2. The lowest BCUT2D eigenvalue weighted by Crippen LogP contribution is -2.45. The van der Waals surface area contributed by atoms with Gasteiger partial charge in [0.05, 0.1) is 5.02 Å². The van der Waals surface area contributed by atoms with Crippen molar-refractivity contribution in [3.63, 3.8) is 0 Å². The first-order chi connectivity index (χ1) is 13.5. The maximum absolute atomic E-state index is 13.4. The number of fused-ring (bicyclic) bond motifs is 1. The average molecular weight is 403 g/mol. The monoisotopic (exact) mass is 402 g/mol. The lowest BCUT2D eigenvalue weighted by molar-refractivity contribution is -0.127. The molecule has 1 aromatic heterocycles. The Morgan fingerprint density at radius 3 is 2.79 bits per heavy atom. The van der Waals surface area contributed by atoms with Gasteiger partial charge in [0.25, 0.3) is 5.91 Å². The summed E-state index contributed by atoms with van der Waals surface area (Å²) in [5.41, 5.74) is 2.49. The Morgan fingerprint density at radius 2 is 2.04 bits per heavy atom. The fraction of sp³-hybridized carbons (Fsp3) is 0.545. The van der Waals surface area contributed by atoms with Crippen LogP contribution in [0.2, 0.25) is 5.02 Å². The molecule has 4 rings (SSSR count). The van der Waals surface area contributed by atoms with Crippen LogP contribution in [0.3, 0.4) is 0 Å². The molecule has 2 aliphatic rings. The number of carbonyl (C=O) groups excluding carboxylic acids is 2. The quantitative estimate of drug-likeness (QED) is 0.744. The second-order valence-corrected chi connectivity index (χ2v) is 8.51. The molecule has 1 aromatic carbocycles. The summed E-state index contributed by atoms with van der Waals surface area (Å²) in [4.78, 5) is 29.2. The van der Waals surface area contributed by atoms with Gasteiger partial charge in [-0.15, -0.1) is 0 Å². The van der Waals surface area contributed by atoms with Crippen molar-refractivity contribution in [3.8, 4) is 0 Å². The smallest absolute Gasteiger partial charge is 0.290 e. The second-order valence-electron chi connectivity index (χ2n) is 8.10. The van der Waals surface area contributed by atoms with Crippen LogP contribution in [0.4, 0.5) is 0 Å². The summed E-state index contributed by atoms with van der Waals surface area (Å²) in [6.07, 6.45) is 5.54.